The van der Waals surface area contributed by atoms with E-state index in [0.717, 1.165) is 18.7 Å². The summed E-state index contributed by atoms with van der Waals surface area (Å²) in [6, 6.07) is 6.74. The Labute approximate surface area is 157 Å². The molecule has 8 heteroatoms. The van der Waals surface area contributed by atoms with E-state index in [4.69, 9.17) is 4.74 Å². The lowest BCUT2D eigenvalue weighted by molar-refractivity contribution is -0.00209. The number of hydrogen-bond acceptors (Lipinski definition) is 5. The summed E-state index contributed by atoms with van der Waals surface area (Å²) in [5.74, 6) is -0.357. The summed E-state index contributed by atoms with van der Waals surface area (Å²) in [4.78, 5) is 17.1. The number of rotatable bonds is 3. The molecule has 144 valence electrons. The fourth-order valence-corrected chi connectivity index (χ4v) is 3.65. The van der Waals surface area contributed by atoms with Crippen LogP contribution in [0.3, 0.4) is 0 Å². The van der Waals surface area contributed by atoms with Crippen molar-refractivity contribution in [3.8, 4) is 0 Å². The van der Waals surface area contributed by atoms with Crippen molar-refractivity contribution in [3.63, 3.8) is 0 Å². The maximum absolute atomic E-state index is 13.1. The van der Waals surface area contributed by atoms with E-state index in [2.05, 4.69) is 29.1 Å². The van der Waals surface area contributed by atoms with Crippen LogP contribution in [0.25, 0.3) is 0 Å². The Bertz CT molecular complexity index is 812. The predicted octanol–water partition coefficient (Wildman–Crippen LogP) is 1.85. The van der Waals surface area contributed by atoms with Gasteiger partial charge in [-0.05, 0) is 31.5 Å². The lowest BCUT2D eigenvalue weighted by atomic mass is 10.1. The first kappa shape index (κ1) is 18.1. The van der Waals surface area contributed by atoms with Gasteiger partial charge in [0.15, 0.2) is 5.69 Å². The third-order valence-corrected chi connectivity index (χ3v) is 5.37. The van der Waals surface area contributed by atoms with E-state index in [9.17, 15) is 9.18 Å². The van der Waals surface area contributed by atoms with Gasteiger partial charge in [0.2, 0.25) is 0 Å². The van der Waals surface area contributed by atoms with Crippen LogP contribution in [0.15, 0.2) is 24.3 Å². The number of carbonyl (C=O) groups is 1. The van der Waals surface area contributed by atoms with Gasteiger partial charge in [0.25, 0.3) is 5.91 Å². The third-order valence-electron chi connectivity index (χ3n) is 5.37. The number of aromatic nitrogens is 3. The minimum atomic E-state index is -0.276. The molecule has 0 radical (unpaired) electrons. The smallest absolute Gasteiger partial charge is 0.276 e. The van der Waals surface area contributed by atoms with Gasteiger partial charge in [-0.15, -0.1) is 5.10 Å². The van der Waals surface area contributed by atoms with Crippen LogP contribution >= 0.6 is 0 Å². The van der Waals surface area contributed by atoms with Gasteiger partial charge in [-0.2, -0.15) is 0 Å². The van der Waals surface area contributed by atoms with Crippen LogP contribution in [0.5, 0.6) is 0 Å². The largest absolute Gasteiger partial charge is 0.365 e. The molecule has 4 rings (SSSR count). The molecule has 7 nitrogen and oxygen atoms in total. The molecule has 1 unspecified atom stereocenters. The molecule has 27 heavy (non-hydrogen) atoms. The molecule has 1 aromatic heterocycles. The van der Waals surface area contributed by atoms with Crippen molar-refractivity contribution < 1.29 is 13.9 Å². The molecule has 0 spiro atoms. The average molecular weight is 373 g/mol. The first-order valence-electron chi connectivity index (χ1n) is 9.35. The zero-order valence-corrected chi connectivity index (χ0v) is 15.6. The van der Waals surface area contributed by atoms with Crippen LogP contribution in [-0.4, -0.2) is 62.9 Å². The van der Waals surface area contributed by atoms with Crippen molar-refractivity contribution >= 4 is 5.91 Å². The van der Waals surface area contributed by atoms with Gasteiger partial charge in [0.05, 0.1) is 18.8 Å². The maximum atomic E-state index is 13.1. The van der Waals surface area contributed by atoms with Gasteiger partial charge in [0.1, 0.15) is 11.9 Å². The molecular formula is C19H24FN5O2. The van der Waals surface area contributed by atoms with Gasteiger partial charge in [0, 0.05) is 32.2 Å². The second kappa shape index (κ2) is 7.36. The van der Waals surface area contributed by atoms with Gasteiger partial charge >= 0.3 is 0 Å². The van der Waals surface area contributed by atoms with Gasteiger partial charge in [-0.3, -0.25) is 9.69 Å². The second-order valence-corrected chi connectivity index (χ2v) is 7.34. The molecule has 1 saturated heterocycles. The number of hydrogen-bond donors (Lipinski definition) is 0. The van der Waals surface area contributed by atoms with Crippen molar-refractivity contribution in [2.45, 2.75) is 39.1 Å². The minimum Gasteiger partial charge on any atom is -0.365 e. The summed E-state index contributed by atoms with van der Waals surface area (Å²) in [7, 11) is 0. The molecule has 0 bridgehead atoms. The Morgan fingerprint density at radius 1 is 1.19 bits per heavy atom. The molecule has 0 aliphatic carbocycles. The SMILES string of the molecule is CC(C)N1CCN(C(=O)c2nnn3c2COC(c2ccc(F)cc2)C3)CC1. The molecule has 1 fully saturated rings. The van der Waals surface area contributed by atoms with Crippen molar-refractivity contribution in [2.24, 2.45) is 0 Å². The minimum absolute atomic E-state index is 0.0801. The standard InChI is InChI=1S/C19H24FN5O2/c1-13(2)23-7-9-24(10-8-23)19(26)18-16-12-27-17(11-25(16)22-21-18)14-3-5-15(20)6-4-14/h3-6,13,17H,7-12H2,1-2H3. The van der Waals surface area contributed by atoms with Crippen LogP contribution in [-0.2, 0) is 17.9 Å². The van der Waals surface area contributed by atoms with E-state index in [1.807, 2.05) is 4.90 Å². The van der Waals surface area contributed by atoms with E-state index in [-0.39, 0.29) is 24.4 Å². The van der Waals surface area contributed by atoms with Gasteiger partial charge in [-0.1, -0.05) is 17.3 Å². The third kappa shape index (κ3) is 3.59. The molecule has 1 atom stereocenters. The van der Waals surface area contributed by atoms with E-state index in [0.29, 0.717) is 37.1 Å². The molecule has 1 amide bonds. The first-order valence-corrected chi connectivity index (χ1v) is 9.35. The number of nitrogens with zero attached hydrogens (tertiary/aromatic N) is 5. The highest BCUT2D eigenvalue weighted by Gasteiger charge is 2.31. The number of ether oxygens (including phenoxy) is 1. The highest BCUT2D eigenvalue weighted by atomic mass is 19.1. The van der Waals surface area contributed by atoms with Crippen molar-refractivity contribution in [1.29, 1.82) is 0 Å². The molecule has 2 aliphatic heterocycles. The van der Waals surface area contributed by atoms with Crippen LogP contribution < -0.4 is 0 Å². The van der Waals surface area contributed by atoms with Crippen LogP contribution in [0.2, 0.25) is 0 Å². The van der Waals surface area contributed by atoms with E-state index in [1.54, 1.807) is 16.8 Å². The topological polar surface area (TPSA) is 63.5 Å². The van der Waals surface area contributed by atoms with Crippen LogP contribution in [0, 0.1) is 5.82 Å². The molecule has 1 aromatic carbocycles. The fourth-order valence-electron chi connectivity index (χ4n) is 3.65. The highest BCUT2D eigenvalue weighted by molar-refractivity contribution is 5.93. The molecule has 2 aromatic rings. The molecule has 0 N–H and O–H groups in total. The van der Waals surface area contributed by atoms with Crippen molar-refractivity contribution in [2.75, 3.05) is 26.2 Å². The van der Waals surface area contributed by atoms with E-state index >= 15 is 0 Å². The molecule has 0 saturated carbocycles. The Balaban J connectivity index is 1.45. The number of piperazine rings is 1. The summed E-state index contributed by atoms with van der Waals surface area (Å²) in [5.41, 5.74) is 1.98. The lowest BCUT2D eigenvalue weighted by Gasteiger charge is -2.36. The zero-order valence-electron chi connectivity index (χ0n) is 15.6. The quantitative estimate of drug-likeness (QED) is 0.822. The van der Waals surface area contributed by atoms with Crippen molar-refractivity contribution in [3.05, 3.63) is 47.0 Å². The Morgan fingerprint density at radius 3 is 2.56 bits per heavy atom. The van der Waals surface area contributed by atoms with Crippen LogP contribution in [0.4, 0.5) is 4.39 Å². The van der Waals surface area contributed by atoms with Crippen LogP contribution in [0.1, 0.15) is 41.7 Å². The Kier molecular flexibility index (Phi) is 4.92. The summed E-state index contributed by atoms with van der Waals surface area (Å²) < 4.78 is 20.8. The summed E-state index contributed by atoms with van der Waals surface area (Å²) in [5, 5.41) is 8.30. The van der Waals surface area contributed by atoms with Crippen molar-refractivity contribution in [1.82, 2.24) is 24.8 Å². The van der Waals surface area contributed by atoms with Gasteiger partial charge < -0.3 is 9.64 Å². The monoisotopic (exact) mass is 373 g/mol. The second-order valence-electron chi connectivity index (χ2n) is 7.34. The highest BCUT2D eigenvalue weighted by Crippen LogP contribution is 2.27. The number of carbonyl (C=O) groups excluding carboxylic acids is 1. The summed E-state index contributed by atoms with van der Waals surface area (Å²) >= 11 is 0. The number of benzene rings is 1. The first-order chi connectivity index (χ1) is 13.0. The van der Waals surface area contributed by atoms with E-state index in [1.165, 1.54) is 12.1 Å². The Morgan fingerprint density at radius 2 is 1.89 bits per heavy atom. The van der Waals surface area contributed by atoms with Gasteiger partial charge in [-0.25, -0.2) is 9.07 Å². The lowest BCUT2D eigenvalue weighted by Crippen LogP contribution is -2.51. The summed E-state index contributed by atoms with van der Waals surface area (Å²) in [6.07, 6.45) is -0.225. The number of fused-ring (bicyclic) bond motifs is 1. The predicted molar refractivity (Wildman–Crippen MR) is 96.6 cm³/mol. The normalized spacial score (nSPS) is 20.7. The number of halogens is 1. The molecular weight excluding hydrogens is 349 g/mol. The maximum Gasteiger partial charge on any atom is 0.276 e. The Hall–Kier alpha value is -2.32. The fraction of sp³-hybridized carbons (Fsp3) is 0.526. The molecule has 3 heterocycles. The summed E-state index contributed by atoms with van der Waals surface area (Å²) in [6.45, 7) is 8.20. The van der Waals surface area contributed by atoms with E-state index < -0.39 is 0 Å². The number of amides is 1. The molecule has 2 aliphatic rings. The average Bonchev–Trinajstić information content (AvgIpc) is 3.11. The zero-order chi connectivity index (χ0) is 19.0.